The Morgan fingerprint density at radius 3 is 2.58 bits per heavy atom. The molecule has 0 bridgehead atoms. The molecule has 6 rings (SSSR count). The van der Waals surface area contributed by atoms with Crippen LogP contribution in [0.15, 0.2) is 77.9 Å². The predicted molar refractivity (Wildman–Crippen MR) is 171 cm³/mol. The van der Waals surface area contributed by atoms with Crippen molar-refractivity contribution in [1.82, 2.24) is 19.9 Å². The Labute approximate surface area is 258 Å². The summed E-state index contributed by atoms with van der Waals surface area (Å²) in [5.74, 6) is 0.153. The summed E-state index contributed by atoms with van der Waals surface area (Å²) in [4.78, 5) is 51.7. The molecule has 0 atom stereocenters. The van der Waals surface area contributed by atoms with Gasteiger partial charge in [-0.2, -0.15) is 0 Å². The van der Waals surface area contributed by atoms with Gasteiger partial charge in [0.05, 0.1) is 33.8 Å². The molecule has 2 aromatic heterocycles. The molecule has 2 amide bonds. The predicted octanol–water partition coefficient (Wildman–Crippen LogP) is 5.85. The van der Waals surface area contributed by atoms with Crippen molar-refractivity contribution < 1.29 is 19.6 Å². The van der Waals surface area contributed by atoms with Gasteiger partial charge in [0.2, 0.25) is 17.8 Å². The van der Waals surface area contributed by atoms with E-state index in [1.54, 1.807) is 12.3 Å². The summed E-state index contributed by atoms with van der Waals surface area (Å²) in [6.07, 6.45) is 4.90. The van der Waals surface area contributed by atoms with Crippen LogP contribution in [-0.2, 0) is 16.0 Å². The molecule has 3 aromatic carbocycles. The van der Waals surface area contributed by atoms with E-state index in [1.165, 1.54) is 19.1 Å². The number of fused-ring (bicyclic) bond motifs is 1. The molecule has 1 fully saturated rings. The fourth-order valence-electron chi connectivity index (χ4n) is 5.52. The van der Waals surface area contributed by atoms with Gasteiger partial charge in [-0.3, -0.25) is 25.0 Å². The van der Waals surface area contributed by atoms with Crippen LogP contribution in [0.4, 0.5) is 17.3 Å². The van der Waals surface area contributed by atoms with Crippen molar-refractivity contribution in [3.05, 3.63) is 99.7 Å². The topological polar surface area (TPSA) is 170 Å². The average molecular weight is 606 g/mol. The first-order chi connectivity index (χ1) is 21.7. The van der Waals surface area contributed by atoms with E-state index >= 15 is 0 Å². The van der Waals surface area contributed by atoms with Crippen LogP contribution in [0.5, 0.6) is 5.88 Å². The maximum Gasteiger partial charge on any atom is 0.270 e. The number of aliphatic imine (C=N–C) groups is 1. The Morgan fingerprint density at radius 1 is 1.09 bits per heavy atom. The average Bonchev–Trinajstić information content (AvgIpc) is 3.62. The van der Waals surface area contributed by atoms with Gasteiger partial charge in [0.25, 0.3) is 5.69 Å². The van der Waals surface area contributed by atoms with E-state index in [4.69, 9.17) is 4.99 Å². The lowest BCUT2D eigenvalue weighted by Crippen LogP contribution is -2.36. The molecule has 12 heteroatoms. The number of amides is 2. The van der Waals surface area contributed by atoms with E-state index in [9.17, 15) is 24.8 Å². The van der Waals surface area contributed by atoms with Crippen molar-refractivity contribution in [2.75, 3.05) is 18.4 Å². The number of H-pyrrole nitrogens is 2. The summed E-state index contributed by atoms with van der Waals surface area (Å²) in [7, 11) is 0. The van der Waals surface area contributed by atoms with Crippen molar-refractivity contribution in [2.24, 2.45) is 4.99 Å². The molecule has 0 saturated carbocycles. The van der Waals surface area contributed by atoms with E-state index in [-0.39, 0.29) is 23.4 Å². The van der Waals surface area contributed by atoms with Gasteiger partial charge in [0.1, 0.15) is 0 Å². The summed E-state index contributed by atoms with van der Waals surface area (Å²) < 4.78 is 0. The summed E-state index contributed by atoms with van der Waals surface area (Å²) in [6, 6.07) is 19.5. The summed E-state index contributed by atoms with van der Waals surface area (Å²) >= 11 is 0. The number of piperidine rings is 1. The summed E-state index contributed by atoms with van der Waals surface area (Å²) in [5, 5.41) is 25.7. The zero-order valence-electron chi connectivity index (χ0n) is 24.5. The monoisotopic (exact) mass is 605 g/mol. The van der Waals surface area contributed by atoms with Crippen molar-refractivity contribution in [1.29, 1.82) is 0 Å². The summed E-state index contributed by atoms with van der Waals surface area (Å²) in [5.41, 5.74) is 5.07. The third kappa shape index (κ3) is 6.44. The first-order valence-electron chi connectivity index (χ1n) is 14.6. The zero-order chi connectivity index (χ0) is 31.5. The van der Waals surface area contributed by atoms with Crippen LogP contribution in [0.2, 0.25) is 0 Å². The van der Waals surface area contributed by atoms with Crippen LogP contribution in [-0.4, -0.2) is 60.5 Å². The second kappa shape index (κ2) is 12.4. The minimum atomic E-state index is -0.475. The molecule has 1 aliphatic heterocycles. The quantitative estimate of drug-likeness (QED) is 0.0932. The minimum Gasteiger partial charge on any atom is -0.494 e. The standard InChI is InChI=1S/C33H31N7O5/c1-20(41)35-33-34-19-28(38-33)22-9-11-24(12-10-22)36-31(30-26-18-25(40(44)45)13-14-27(26)37-32(30)43)23-7-5-21(6-8-23)15-17-39-16-3-2-4-29(39)42/h5-14,18-19,37,43H,2-4,15-17H2,1H3,(H2,34,35,38,41). The molecule has 0 radical (unpaired) electrons. The van der Waals surface area contributed by atoms with Crippen molar-refractivity contribution in [3.63, 3.8) is 0 Å². The SMILES string of the molecule is CC(=O)Nc1ncc(-c2ccc(N=C(c3ccc(CCN4CCCCC4=O)cc3)c3c(O)[nH]c4ccc([N+](=O)[O-])cc34)cc2)[nH]1. The number of nitro benzene ring substituents is 1. The minimum absolute atomic E-state index is 0.104. The van der Waals surface area contributed by atoms with Crippen LogP contribution in [0.3, 0.4) is 0 Å². The van der Waals surface area contributed by atoms with Gasteiger partial charge in [0, 0.05) is 55.0 Å². The van der Waals surface area contributed by atoms with E-state index < -0.39 is 4.92 Å². The van der Waals surface area contributed by atoms with Crippen LogP contribution >= 0.6 is 0 Å². The number of aromatic nitrogens is 3. The number of aromatic amines is 2. The third-order valence-electron chi connectivity index (χ3n) is 7.82. The number of carbonyl (C=O) groups is 2. The number of carbonyl (C=O) groups excluding carboxylic acids is 2. The molecule has 1 saturated heterocycles. The van der Waals surface area contributed by atoms with Crippen LogP contribution in [0.1, 0.15) is 42.9 Å². The van der Waals surface area contributed by atoms with E-state index in [1.807, 2.05) is 53.4 Å². The van der Waals surface area contributed by atoms with E-state index in [2.05, 4.69) is 20.3 Å². The largest absolute Gasteiger partial charge is 0.494 e. The Morgan fingerprint density at radius 2 is 1.87 bits per heavy atom. The third-order valence-corrected chi connectivity index (χ3v) is 7.82. The highest BCUT2D eigenvalue weighted by Crippen LogP contribution is 2.34. The van der Waals surface area contributed by atoms with Crippen molar-refractivity contribution in [3.8, 4) is 17.1 Å². The normalized spacial score (nSPS) is 13.8. The van der Waals surface area contributed by atoms with Gasteiger partial charge >= 0.3 is 0 Å². The first kappa shape index (κ1) is 29.3. The molecule has 4 N–H and O–H groups in total. The van der Waals surface area contributed by atoms with Gasteiger partial charge < -0.3 is 20.0 Å². The lowest BCUT2D eigenvalue weighted by molar-refractivity contribution is -0.384. The highest BCUT2D eigenvalue weighted by molar-refractivity contribution is 6.22. The number of likely N-dealkylation sites (tertiary alicyclic amines) is 1. The molecule has 0 spiro atoms. The molecule has 3 heterocycles. The molecule has 45 heavy (non-hydrogen) atoms. The maximum atomic E-state index is 12.2. The number of hydrogen-bond acceptors (Lipinski definition) is 7. The number of nitrogens with zero attached hydrogens (tertiary/aromatic N) is 4. The smallest absolute Gasteiger partial charge is 0.270 e. The lowest BCUT2D eigenvalue weighted by Gasteiger charge is -2.26. The maximum absolute atomic E-state index is 12.2. The molecule has 0 unspecified atom stereocenters. The number of nitro groups is 1. The van der Waals surface area contributed by atoms with Crippen LogP contribution in [0, 0.1) is 10.1 Å². The number of anilines is 1. The van der Waals surface area contributed by atoms with Crippen LogP contribution in [0.25, 0.3) is 22.2 Å². The molecule has 5 aromatic rings. The number of rotatable bonds is 9. The lowest BCUT2D eigenvalue weighted by atomic mass is 9.98. The number of nitrogens with one attached hydrogen (secondary N) is 3. The van der Waals surface area contributed by atoms with Gasteiger partial charge in [-0.05, 0) is 48.6 Å². The van der Waals surface area contributed by atoms with Gasteiger partial charge in [-0.15, -0.1) is 0 Å². The van der Waals surface area contributed by atoms with E-state index in [0.717, 1.165) is 30.5 Å². The molecule has 1 aliphatic rings. The molecule has 12 nitrogen and oxygen atoms in total. The van der Waals surface area contributed by atoms with Gasteiger partial charge in [-0.1, -0.05) is 36.4 Å². The van der Waals surface area contributed by atoms with E-state index in [0.29, 0.717) is 64.5 Å². The number of imidazole rings is 1. The fraction of sp³-hybridized carbons (Fsp3) is 0.212. The summed E-state index contributed by atoms with van der Waals surface area (Å²) in [6.45, 7) is 2.85. The molecule has 228 valence electrons. The van der Waals surface area contributed by atoms with Crippen molar-refractivity contribution in [2.45, 2.75) is 32.6 Å². The highest BCUT2D eigenvalue weighted by Gasteiger charge is 2.22. The molecular formula is C33H31N7O5. The Balaban J connectivity index is 1.36. The number of hydrogen-bond donors (Lipinski definition) is 4. The Hall–Kier alpha value is -5.78. The number of benzene rings is 3. The Bertz CT molecular complexity index is 1920. The van der Waals surface area contributed by atoms with Crippen molar-refractivity contribution >= 4 is 45.8 Å². The van der Waals surface area contributed by atoms with Crippen LogP contribution < -0.4 is 5.32 Å². The fourth-order valence-corrected chi connectivity index (χ4v) is 5.52. The number of non-ortho nitro benzene ring substituents is 1. The molecular weight excluding hydrogens is 574 g/mol. The second-order valence-corrected chi connectivity index (χ2v) is 11.0. The second-order valence-electron chi connectivity index (χ2n) is 11.0. The van der Waals surface area contributed by atoms with Gasteiger partial charge in [-0.25, -0.2) is 9.98 Å². The molecule has 0 aliphatic carbocycles. The van der Waals surface area contributed by atoms with Gasteiger partial charge in [0.15, 0.2) is 5.88 Å². The number of aromatic hydroxyl groups is 1. The first-order valence-corrected chi connectivity index (χ1v) is 14.6. The highest BCUT2D eigenvalue weighted by atomic mass is 16.6. The zero-order valence-corrected chi connectivity index (χ0v) is 24.5. The Kier molecular flexibility index (Phi) is 8.10.